The molecule has 2 aliphatic heterocycles. The molecule has 1 unspecified atom stereocenters. The molecule has 3 aromatic carbocycles. The number of halogens is 2. The van der Waals surface area contributed by atoms with Crippen molar-refractivity contribution >= 4 is 17.5 Å². The van der Waals surface area contributed by atoms with Crippen LogP contribution < -0.4 is 9.64 Å². The van der Waals surface area contributed by atoms with Crippen LogP contribution >= 0.6 is 0 Å². The first-order valence-electron chi connectivity index (χ1n) is 11.5. The van der Waals surface area contributed by atoms with Gasteiger partial charge in [-0.1, -0.05) is 36.4 Å². The van der Waals surface area contributed by atoms with E-state index in [1.807, 2.05) is 42.5 Å². The van der Waals surface area contributed by atoms with Gasteiger partial charge in [-0.05, 0) is 54.8 Å². The number of anilines is 1. The van der Waals surface area contributed by atoms with Gasteiger partial charge in [-0.15, -0.1) is 0 Å². The summed E-state index contributed by atoms with van der Waals surface area (Å²) in [4.78, 5) is 21.0. The Labute approximate surface area is 197 Å². The van der Waals surface area contributed by atoms with Gasteiger partial charge < -0.3 is 14.5 Å². The van der Waals surface area contributed by atoms with Crippen LogP contribution in [-0.2, 0) is 0 Å². The van der Waals surface area contributed by atoms with Crippen LogP contribution in [0.5, 0.6) is 5.75 Å². The minimum absolute atomic E-state index is 0.00900. The van der Waals surface area contributed by atoms with Gasteiger partial charge in [0.15, 0.2) is 0 Å². The van der Waals surface area contributed by atoms with E-state index in [2.05, 4.69) is 9.89 Å². The lowest BCUT2D eigenvalue weighted by Crippen LogP contribution is -2.49. The summed E-state index contributed by atoms with van der Waals surface area (Å²) in [5.74, 6) is -0.593. The number of carbonyl (C=O) groups excluding carboxylic acids is 1. The molecule has 0 radical (unpaired) electrons. The quantitative estimate of drug-likeness (QED) is 0.507. The molecule has 0 N–H and O–H groups in total. The van der Waals surface area contributed by atoms with Crippen molar-refractivity contribution in [2.75, 3.05) is 31.1 Å². The molecule has 7 heteroatoms. The van der Waals surface area contributed by atoms with Crippen LogP contribution in [0.3, 0.4) is 0 Å². The van der Waals surface area contributed by atoms with E-state index in [1.165, 1.54) is 18.2 Å². The lowest BCUT2D eigenvalue weighted by molar-refractivity contribution is 0.149. The van der Waals surface area contributed by atoms with E-state index >= 15 is 0 Å². The molecule has 1 atom stereocenters. The second-order valence-corrected chi connectivity index (χ2v) is 8.47. The normalized spacial score (nSPS) is 18.1. The lowest BCUT2D eigenvalue weighted by atomic mass is 10.0. The molecule has 5 rings (SSSR count). The fourth-order valence-corrected chi connectivity index (χ4v) is 4.50. The maximum absolute atomic E-state index is 14.1. The fraction of sp³-hybridized carbons (Fsp3) is 0.259. The Morgan fingerprint density at radius 2 is 1.53 bits per heavy atom. The van der Waals surface area contributed by atoms with Crippen LogP contribution in [0.1, 0.15) is 30.0 Å². The largest absolute Gasteiger partial charge is 0.415 e. The number of piperazine rings is 1. The number of nitrogens with zero attached hydrogens (tertiary/aromatic N) is 3. The average Bonchev–Trinajstić information content (AvgIpc) is 3.34. The number of rotatable bonds is 4. The average molecular weight is 462 g/mol. The van der Waals surface area contributed by atoms with Gasteiger partial charge in [0.1, 0.15) is 17.4 Å². The number of para-hydroxylation sites is 1. The zero-order valence-corrected chi connectivity index (χ0v) is 18.7. The van der Waals surface area contributed by atoms with Crippen molar-refractivity contribution in [3.63, 3.8) is 0 Å². The van der Waals surface area contributed by atoms with E-state index in [4.69, 9.17) is 4.74 Å². The van der Waals surface area contributed by atoms with E-state index in [0.29, 0.717) is 44.1 Å². The summed E-state index contributed by atoms with van der Waals surface area (Å²) in [5.41, 5.74) is 2.58. The van der Waals surface area contributed by atoms with Gasteiger partial charge in [0.2, 0.25) is 0 Å². The second-order valence-electron chi connectivity index (χ2n) is 8.47. The molecule has 1 saturated heterocycles. The minimum atomic E-state index is -0.568. The highest BCUT2D eigenvalue weighted by atomic mass is 19.1. The van der Waals surface area contributed by atoms with Crippen molar-refractivity contribution in [1.29, 1.82) is 0 Å². The van der Waals surface area contributed by atoms with Crippen molar-refractivity contribution in [3.05, 3.63) is 95.6 Å². The van der Waals surface area contributed by atoms with Crippen LogP contribution in [0.4, 0.5) is 19.3 Å². The van der Waals surface area contributed by atoms with Gasteiger partial charge >= 0.3 is 6.09 Å². The number of ether oxygens (including phenoxy) is 1. The van der Waals surface area contributed by atoms with E-state index in [0.717, 1.165) is 17.7 Å². The first-order valence-corrected chi connectivity index (χ1v) is 11.5. The summed E-state index contributed by atoms with van der Waals surface area (Å²) in [7, 11) is 0. The Kier molecular flexibility index (Phi) is 6.25. The molecule has 34 heavy (non-hydrogen) atoms. The zero-order chi connectivity index (χ0) is 23.5. The predicted molar refractivity (Wildman–Crippen MR) is 128 cm³/mol. The van der Waals surface area contributed by atoms with Crippen molar-refractivity contribution in [3.8, 4) is 5.75 Å². The van der Waals surface area contributed by atoms with Gasteiger partial charge in [0.05, 0.1) is 11.6 Å². The summed E-state index contributed by atoms with van der Waals surface area (Å²) >= 11 is 0. The number of hydrogen-bond acceptors (Lipinski definition) is 4. The van der Waals surface area contributed by atoms with E-state index in [1.54, 1.807) is 17.0 Å². The number of hydrogen-bond donors (Lipinski definition) is 0. The van der Waals surface area contributed by atoms with Gasteiger partial charge in [-0.2, -0.15) is 0 Å². The molecule has 0 spiro atoms. The summed E-state index contributed by atoms with van der Waals surface area (Å²) in [5, 5.41) is 0. The van der Waals surface area contributed by atoms with Crippen LogP contribution in [0.2, 0.25) is 0 Å². The summed E-state index contributed by atoms with van der Waals surface area (Å²) in [6.45, 7) is 2.58. The Balaban J connectivity index is 1.19. The van der Waals surface area contributed by atoms with Gasteiger partial charge in [-0.25, -0.2) is 13.6 Å². The first kappa shape index (κ1) is 22.1. The minimum Gasteiger partial charge on any atom is -0.410 e. The van der Waals surface area contributed by atoms with E-state index in [9.17, 15) is 13.6 Å². The number of aliphatic imine (C=N–C) groups is 1. The molecule has 2 aliphatic rings. The maximum atomic E-state index is 14.1. The summed E-state index contributed by atoms with van der Waals surface area (Å²) in [6.07, 6.45) is 0.943. The number of carbonyl (C=O) groups is 1. The summed E-state index contributed by atoms with van der Waals surface area (Å²) < 4.78 is 33.7. The predicted octanol–water partition coefficient (Wildman–Crippen LogP) is 5.61. The second kappa shape index (κ2) is 9.63. The Morgan fingerprint density at radius 3 is 2.21 bits per heavy atom. The molecule has 3 aromatic rings. The molecule has 2 heterocycles. The van der Waals surface area contributed by atoms with Crippen LogP contribution in [0.25, 0.3) is 0 Å². The first-order chi connectivity index (χ1) is 16.6. The highest BCUT2D eigenvalue weighted by Crippen LogP contribution is 2.33. The highest BCUT2D eigenvalue weighted by molar-refractivity contribution is 6.02. The van der Waals surface area contributed by atoms with Crippen molar-refractivity contribution in [1.82, 2.24) is 4.90 Å². The van der Waals surface area contributed by atoms with Crippen LogP contribution in [-0.4, -0.2) is 42.9 Å². The molecule has 0 bridgehead atoms. The molecular formula is C27H25F2N3O2. The highest BCUT2D eigenvalue weighted by Gasteiger charge is 2.26. The van der Waals surface area contributed by atoms with Gasteiger partial charge in [0.25, 0.3) is 0 Å². The fourth-order valence-electron chi connectivity index (χ4n) is 4.50. The molecule has 0 aromatic heterocycles. The SMILES string of the molecule is O=C(Oc1ccccc1)N1CCN(c2ccc(C3CCC(c4c(F)cccc4F)=N3)cc2)CC1. The smallest absolute Gasteiger partial charge is 0.410 e. The van der Waals surface area contributed by atoms with E-state index in [-0.39, 0.29) is 17.7 Å². The van der Waals surface area contributed by atoms with Crippen LogP contribution in [0.15, 0.2) is 77.8 Å². The number of benzene rings is 3. The third kappa shape index (κ3) is 4.64. The third-order valence-electron chi connectivity index (χ3n) is 6.35. The van der Waals surface area contributed by atoms with Crippen molar-refractivity contribution in [2.24, 2.45) is 4.99 Å². The molecule has 174 valence electrons. The number of amides is 1. The Hall–Kier alpha value is -3.74. The van der Waals surface area contributed by atoms with Crippen molar-refractivity contribution < 1.29 is 18.3 Å². The molecule has 1 amide bonds. The van der Waals surface area contributed by atoms with Crippen molar-refractivity contribution in [2.45, 2.75) is 18.9 Å². The molecule has 1 fully saturated rings. The maximum Gasteiger partial charge on any atom is 0.415 e. The Bertz CT molecular complexity index is 1170. The lowest BCUT2D eigenvalue weighted by Gasteiger charge is -2.35. The van der Waals surface area contributed by atoms with E-state index < -0.39 is 11.6 Å². The Morgan fingerprint density at radius 1 is 0.853 bits per heavy atom. The third-order valence-corrected chi connectivity index (χ3v) is 6.35. The molecule has 0 aliphatic carbocycles. The topological polar surface area (TPSA) is 45.1 Å². The molecule has 5 nitrogen and oxygen atoms in total. The van der Waals surface area contributed by atoms with Gasteiger partial charge in [0, 0.05) is 37.6 Å². The standard InChI is InChI=1S/C27H25F2N3O2/c28-22-7-4-8-23(29)26(22)25-14-13-24(30-25)19-9-11-20(12-10-19)31-15-17-32(18-16-31)27(33)34-21-5-2-1-3-6-21/h1-12,24H,13-18H2. The summed E-state index contributed by atoms with van der Waals surface area (Å²) in [6, 6.07) is 21.0. The zero-order valence-electron chi connectivity index (χ0n) is 18.7. The molecular weight excluding hydrogens is 436 g/mol. The van der Waals surface area contributed by atoms with Crippen LogP contribution in [0, 0.1) is 11.6 Å². The monoisotopic (exact) mass is 461 g/mol. The van der Waals surface area contributed by atoms with Gasteiger partial charge in [-0.3, -0.25) is 4.99 Å². The molecule has 0 saturated carbocycles.